The minimum absolute atomic E-state index is 0.0119. The standard InChI is InChI=1S/C14H20ClNO2/c1-9(6-16)10-4-11(15)13-12(5-10)17-7-14(2,3)8-18-13/h4-5,9H,6-8,16H2,1-3H3. The summed E-state index contributed by atoms with van der Waals surface area (Å²) >= 11 is 6.27. The van der Waals surface area contributed by atoms with Crippen molar-refractivity contribution in [1.29, 1.82) is 0 Å². The number of ether oxygens (including phenoxy) is 2. The molecule has 0 spiro atoms. The second-order valence-electron chi connectivity index (χ2n) is 5.71. The van der Waals surface area contributed by atoms with Gasteiger partial charge in [-0.15, -0.1) is 0 Å². The van der Waals surface area contributed by atoms with E-state index in [1.165, 1.54) is 0 Å². The van der Waals surface area contributed by atoms with Crippen molar-refractivity contribution in [2.24, 2.45) is 11.1 Å². The molecule has 18 heavy (non-hydrogen) atoms. The number of hydrogen-bond acceptors (Lipinski definition) is 3. The van der Waals surface area contributed by atoms with E-state index in [1.807, 2.05) is 12.1 Å². The van der Waals surface area contributed by atoms with Crippen LogP contribution >= 0.6 is 11.6 Å². The van der Waals surface area contributed by atoms with Crippen molar-refractivity contribution in [2.75, 3.05) is 19.8 Å². The van der Waals surface area contributed by atoms with Gasteiger partial charge < -0.3 is 15.2 Å². The van der Waals surface area contributed by atoms with Crippen LogP contribution in [0.4, 0.5) is 0 Å². The Morgan fingerprint density at radius 3 is 2.67 bits per heavy atom. The number of benzene rings is 1. The van der Waals surface area contributed by atoms with E-state index in [1.54, 1.807) is 0 Å². The van der Waals surface area contributed by atoms with Gasteiger partial charge in [0.25, 0.3) is 0 Å². The van der Waals surface area contributed by atoms with Crippen molar-refractivity contribution in [1.82, 2.24) is 0 Å². The Kier molecular flexibility index (Phi) is 3.74. The number of halogens is 1. The molecule has 0 aliphatic carbocycles. The SMILES string of the molecule is CC(CN)c1cc(Cl)c2c(c1)OCC(C)(C)CO2. The molecule has 100 valence electrons. The van der Waals surface area contributed by atoms with Gasteiger partial charge >= 0.3 is 0 Å². The molecule has 1 heterocycles. The first-order valence-electron chi connectivity index (χ1n) is 6.22. The maximum Gasteiger partial charge on any atom is 0.179 e. The molecule has 0 amide bonds. The van der Waals surface area contributed by atoms with Crippen molar-refractivity contribution in [2.45, 2.75) is 26.7 Å². The Morgan fingerprint density at radius 2 is 2.00 bits per heavy atom. The highest BCUT2D eigenvalue weighted by molar-refractivity contribution is 6.32. The fourth-order valence-electron chi connectivity index (χ4n) is 1.84. The summed E-state index contributed by atoms with van der Waals surface area (Å²) in [5.41, 5.74) is 6.76. The molecule has 1 aromatic carbocycles. The average Bonchev–Trinajstić information content (AvgIpc) is 2.48. The van der Waals surface area contributed by atoms with Crippen LogP contribution in [0.25, 0.3) is 0 Å². The third kappa shape index (κ3) is 2.73. The fraction of sp³-hybridized carbons (Fsp3) is 0.571. The lowest BCUT2D eigenvalue weighted by atomic mass is 9.97. The normalized spacial score (nSPS) is 19.2. The summed E-state index contributed by atoms with van der Waals surface area (Å²) in [4.78, 5) is 0. The summed E-state index contributed by atoms with van der Waals surface area (Å²) in [7, 11) is 0. The van der Waals surface area contributed by atoms with Crippen LogP contribution in [0.15, 0.2) is 12.1 Å². The zero-order valence-electron chi connectivity index (χ0n) is 11.1. The molecular formula is C14H20ClNO2. The molecule has 0 radical (unpaired) electrons. The molecular weight excluding hydrogens is 250 g/mol. The third-order valence-corrected chi connectivity index (χ3v) is 3.46. The lowest BCUT2D eigenvalue weighted by Crippen LogP contribution is -2.26. The number of nitrogens with two attached hydrogens (primary N) is 1. The maximum absolute atomic E-state index is 6.27. The largest absolute Gasteiger partial charge is 0.489 e. The molecule has 0 saturated heterocycles. The highest BCUT2D eigenvalue weighted by Gasteiger charge is 2.27. The molecule has 1 aliphatic heterocycles. The zero-order valence-corrected chi connectivity index (χ0v) is 11.9. The topological polar surface area (TPSA) is 44.5 Å². The summed E-state index contributed by atoms with van der Waals surface area (Å²) < 4.78 is 11.6. The molecule has 3 nitrogen and oxygen atoms in total. The number of fused-ring (bicyclic) bond motifs is 1. The van der Waals surface area contributed by atoms with Crippen LogP contribution < -0.4 is 15.2 Å². The summed E-state index contributed by atoms with van der Waals surface area (Å²) in [5, 5.41) is 0.598. The molecule has 1 unspecified atom stereocenters. The Labute approximate surface area is 113 Å². The Bertz CT molecular complexity index is 446. The van der Waals surface area contributed by atoms with E-state index >= 15 is 0 Å². The molecule has 1 atom stereocenters. The molecule has 2 rings (SSSR count). The van der Waals surface area contributed by atoms with Crippen LogP contribution in [0.3, 0.4) is 0 Å². The quantitative estimate of drug-likeness (QED) is 0.897. The predicted molar refractivity (Wildman–Crippen MR) is 73.7 cm³/mol. The monoisotopic (exact) mass is 269 g/mol. The van der Waals surface area contributed by atoms with Gasteiger partial charge in [0.15, 0.2) is 11.5 Å². The van der Waals surface area contributed by atoms with Gasteiger partial charge in [0, 0.05) is 5.41 Å². The smallest absolute Gasteiger partial charge is 0.179 e. The second kappa shape index (κ2) is 4.98. The molecule has 2 N–H and O–H groups in total. The predicted octanol–water partition coefficient (Wildman–Crippen LogP) is 3.20. The van der Waals surface area contributed by atoms with Crippen LogP contribution in [0.1, 0.15) is 32.3 Å². The van der Waals surface area contributed by atoms with E-state index in [-0.39, 0.29) is 11.3 Å². The Hall–Kier alpha value is -0.930. The highest BCUT2D eigenvalue weighted by Crippen LogP contribution is 2.41. The van der Waals surface area contributed by atoms with E-state index in [4.69, 9.17) is 26.8 Å². The van der Waals surface area contributed by atoms with Gasteiger partial charge in [0.2, 0.25) is 0 Å². The van der Waals surface area contributed by atoms with Crippen molar-refractivity contribution >= 4 is 11.6 Å². The molecule has 0 saturated carbocycles. The van der Waals surface area contributed by atoms with E-state index in [0.29, 0.717) is 30.5 Å². The van der Waals surface area contributed by atoms with E-state index in [2.05, 4.69) is 20.8 Å². The molecule has 1 aromatic rings. The summed E-state index contributed by atoms with van der Waals surface area (Å²) in [6.45, 7) is 8.09. The Balaban J connectivity index is 2.37. The third-order valence-electron chi connectivity index (χ3n) is 3.18. The highest BCUT2D eigenvalue weighted by atomic mass is 35.5. The summed E-state index contributed by atoms with van der Waals surface area (Å²) in [6, 6.07) is 3.90. The van der Waals surface area contributed by atoms with Crippen molar-refractivity contribution in [3.05, 3.63) is 22.7 Å². The van der Waals surface area contributed by atoms with Gasteiger partial charge in [-0.1, -0.05) is 32.4 Å². The van der Waals surface area contributed by atoms with Gasteiger partial charge in [0.1, 0.15) is 0 Å². The number of rotatable bonds is 2. The minimum Gasteiger partial charge on any atom is -0.489 e. The van der Waals surface area contributed by atoms with E-state index < -0.39 is 0 Å². The molecule has 0 fully saturated rings. The first kappa shape index (κ1) is 13.5. The van der Waals surface area contributed by atoms with Crippen LogP contribution in [0.2, 0.25) is 5.02 Å². The van der Waals surface area contributed by atoms with E-state index in [9.17, 15) is 0 Å². The average molecular weight is 270 g/mol. The van der Waals surface area contributed by atoms with Crippen LogP contribution in [0, 0.1) is 5.41 Å². The van der Waals surface area contributed by atoms with Gasteiger partial charge in [-0.25, -0.2) is 0 Å². The van der Waals surface area contributed by atoms with Crippen LogP contribution in [-0.2, 0) is 0 Å². The maximum atomic E-state index is 6.27. The lowest BCUT2D eigenvalue weighted by Gasteiger charge is -2.19. The van der Waals surface area contributed by atoms with Gasteiger partial charge in [0.05, 0.1) is 18.2 Å². The van der Waals surface area contributed by atoms with Gasteiger partial charge in [-0.3, -0.25) is 0 Å². The van der Waals surface area contributed by atoms with Gasteiger partial charge in [-0.2, -0.15) is 0 Å². The van der Waals surface area contributed by atoms with Gasteiger partial charge in [-0.05, 0) is 30.2 Å². The Morgan fingerprint density at radius 1 is 1.33 bits per heavy atom. The number of hydrogen-bond donors (Lipinski definition) is 1. The first-order valence-corrected chi connectivity index (χ1v) is 6.60. The zero-order chi connectivity index (χ0) is 13.3. The van der Waals surface area contributed by atoms with Crippen LogP contribution in [0.5, 0.6) is 11.5 Å². The van der Waals surface area contributed by atoms with Crippen molar-refractivity contribution < 1.29 is 9.47 Å². The summed E-state index contributed by atoms with van der Waals surface area (Å²) in [5.74, 6) is 1.63. The fourth-order valence-corrected chi connectivity index (χ4v) is 2.11. The molecule has 0 bridgehead atoms. The van der Waals surface area contributed by atoms with Crippen molar-refractivity contribution in [3.8, 4) is 11.5 Å². The van der Waals surface area contributed by atoms with Crippen LogP contribution in [-0.4, -0.2) is 19.8 Å². The minimum atomic E-state index is -0.0119. The van der Waals surface area contributed by atoms with Crippen molar-refractivity contribution in [3.63, 3.8) is 0 Å². The molecule has 4 heteroatoms. The molecule has 1 aliphatic rings. The summed E-state index contributed by atoms with van der Waals surface area (Å²) in [6.07, 6.45) is 0. The second-order valence-corrected chi connectivity index (χ2v) is 6.12. The van der Waals surface area contributed by atoms with E-state index in [0.717, 1.165) is 11.3 Å². The first-order chi connectivity index (χ1) is 8.43. The lowest BCUT2D eigenvalue weighted by molar-refractivity contribution is 0.140. The molecule has 0 aromatic heterocycles.